The van der Waals surface area contributed by atoms with E-state index in [0.29, 0.717) is 12.5 Å². The molecule has 0 spiro atoms. The number of rotatable bonds is 5. The van der Waals surface area contributed by atoms with Gasteiger partial charge in [0.25, 0.3) is 10.0 Å². The molecule has 0 saturated carbocycles. The third-order valence-corrected chi connectivity index (χ3v) is 3.40. The van der Waals surface area contributed by atoms with Crippen molar-refractivity contribution in [2.45, 2.75) is 31.6 Å². The molecule has 0 bridgehead atoms. The van der Waals surface area contributed by atoms with Gasteiger partial charge in [-0.25, -0.2) is 8.42 Å². The van der Waals surface area contributed by atoms with Gasteiger partial charge in [-0.3, -0.25) is 4.84 Å². The second-order valence-corrected chi connectivity index (χ2v) is 5.39. The van der Waals surface area contributed by atoms with E-state index < -0.39 is 10.0 Å². The van der Waals surface area contributed by atoms with Gasteiger partial charge in [-0.15, -0.1) is 0 Å². The van der Waals surface area contributed by atoms with Crippen molar-refractivity contribution in [3.8, 4) is 0 Å². The maximum atomic E-state index is 11.6. The highest BCUT2D eigenvalue weighted by Gasteiger charge is 2.13. The maximum absolute atomic E-state index is 11.6. The highest BCUT2D eigenvalue weighted by atomic mass is 32.2. The molecule has 5 heteroatoms. The van der Waals surface area contributed by atoms with Gasteiger partial charge in [0.15, 0.2) is 0 Å². The molecule has 1 N–H and O–H groups in total. The van der Waals surface area contributed by atoms with Gasteiger partial charge >= 0.3 is 0 Å². The Balaban J connectivity index is 2.89. The molecule has 1 aromatic rings. The second kappa shape index (κ2) is 5.43. The minimum atomic E-state index is -3.54. The number of nitrogens with one attached hydrogen (secondary N) is 1. The van der Waals surface area contributed by atoms with Crippen LogP contribution < -0.4 is 4.89 Å². The highest BCUT2D eigenvalue weighted by molar-refractivity contribution is 7.89. The minimum absolute atomic E-state index is 0.213. The maximum Gasteiger partial charge on any atom is 0.262 e. The molecule has 4 nitrogen and oxygen atoms in total. The average molecular weight is 243 g/mol. The molecule has 0 aliphatic rings. The second-order valence-electron chi connectivity index (χ2n) is 3.74. The zero-order valence-electron chi connectivity index (χ0n) is 9.73. The lowest BCUT2D eigenvalue weighted by molar-refractivity contribution is 0.105. The predicted octanol–water partition coefficient (Wildman–Crippen LogP) is 2.04. The first kappa shape index (κ1) is 13.2. The molecule has 0 amide bonds. The molecular weight excluding hydrogens is 226 g/mol. The summed E-state index contributed by atoms with van der Waals surface area (Å²) in [6.07, 6.45) is 0. The summed E-state index contributed by atoms with van der Waals surface area (Å²) in [5.41, 5.74) is 1.11. The average Bonchev–Trinajstić information content (AvgIpc) is 2.26. The van der Waals surface area contributed by atoms with Gasteiger partial charge in [0.2, 0.25) is 0 Å². The standard InChI is InChI=1S/C11H17NO3S/c1-4-15-12-16(13,14)11-7-5-10(6-8-11)9(2)3/h5-9,12H,4H2,1-3H3. The van der Waals surface area contributed by atoms with Crippen LogP contribution in [0.25, 0.3) is 0 Å². The van der Waals surface area contributed by atoms with Crippen LogP contribution in [-0.4, -0.2) is 15.0 Å². The SMILES string of the molecule is CCONS(=O)(=O)c1ccc(C(C)C)cc1. The molecule has 90 valence electrons. The van der Waals surface area contributed by atoms with Crippen molar-refractivity contribution in [1.82, 2.24) is 4.89 Å². The van der Waals surface area contributed by atoms with E-state index in [9.17, 15) is 8.42 Å². The van der Waals surface area contributed by atoms with E-state index in [1.807, 2.05) is 17.0 Å². The molecule has 0 aliphatic heterocycles. The molecule has 0 saturated heterocycles. The monoisotopic (exact) mass is 243 g/mol. The first-order valence-electron chi connectivity index (χ1n) is 5.21. The van der Waals surface area contributed by atoms with E-state index in [4.69, 9.17) is 4.84 Å². The lowest BCUT2D eigenvalue weighted by Gasteiger charge is -2.08. The van der Waals surface area contributed by atoms with Crippen molar-refractivity contribution >= 4 is 10.0 Å². The normalized spacial score (nSPS) is 12.0. The quantitative estimate of drug-likeness (QED) is 0.805. The van der Waals surface area contributed by atoms with Crippen molar-refractivity contribution in [2.24, 2.45) is 0 Å². The smallest absolute Gasteiger partial charge is 0.262 e. The van der Waals surface area contributed by atoms with Crippen LogP contribution >= 0.6 is 0 Å². The minimum Gasteiger partial charge on any atom is -0.287 e. The van der Waals surface area contributed by atoms with Gasteiger partial charge in [-0.1, -0.05) is 30.9 Å². The molecule has 0 heterocycles. The van der Waals surface area contributed by atoms with E-state index in [1.165, 1.54) is 0 Å². The number of sulfonamides is 1. The van der Waals surface area contributed by atoms with E-state index in [2.05, 4.69) is 13.8 Å². The fourth-order valence-corrected chi connectivity index (χ4v) is 2.08. The van der Waals surface area contributed by atoms with Crippen LogP contribution in [0.4, 0.5) is 0 Å². The molecule has 0 fully saturated rings. The van der Waals surface area contributed by atoms with Crippen LogP contribution in [0.2, 0.25) is 0 Å². The number of benzene rings is 1. The summed E-state index contributed by atoms with van der Waals surface area (Å²) in [6.45, 7) is 6.12. The molecule has 0 aliphatic carbocycles. The zero-order chi connectivity index (χ0) is 12.2. The Hall–Kier alpha value is -0.910. The molecule has 16 heavy (non-hydrogen) atoms. The van der Waals surface area contributed by atoms with E-state index >= 15 is 0 Å². The Bertz CT molecular complexity index is 423. The lowest BCUT2D eigenvalue weighted by atomic mass is 10.0. The topological polar surface area (TPSA) is 55.4 Å². The van der Waals surface area contributed by atoms with E-state index in [1.54, 1.807) is 19.1 Å². The van der Waals surface area contributed by atoms with Crippen molar-refractivity contribution < 1.29 is 13.3 Å². The Morgan fingerprint density at radius 3 is 2.25 bits per heavy atom. The van der Waals surface area contributed by atoms with Crippen molar-refractivity contribution in [1.29, 1.82) is 0 Å². The van der Waals surface area contributed by atoms with Crippen LogP contribution in [0, 0.1) is 0 Å². The first-order valence-corrected chi connectivity index (χ1v) is 6.69. The van der Waals surface area contributed by atoms with Gasteiger partial charge < -0.3 is 0 Å². The van der Waals surface area contributed by atoms with Crippen LogP contribution in [-0.2, 0) is 14.9 Å². The summed E-state index contributed by atoms with van der Waals surface area (Å²) < 4.78 is 23.3. The lowest BCUT2D eigenvalue weighted by Crippen LogP contribution is -2.23. The summed E-state index contributed by atoms with van der Waals surface area (Å²) in [6, 6.07) is 6.78. The fraction of sp³-hybridized carbons (Fsp3) is 0.455. The van der Waals surface area contributed by atoms with E-state index in [0.717, 1.165) is 5.56 Å². The summed E-state index contributed by atoms with van der Waals surface area (Å²) in [7, 11) is -3.54. The molecule has 0 unspecified atom stereocenters. The molecular formula is C11H17NO3S. The summed E-state index contributed by atoms with van der Waals surface area (Å²) in [5, 5.41) is 0. The zero-order valence-corrected chi connectivity index (χ0v) is 10.5. The summed E-state index contributed by atoms with van der Waals surface area (Å²) in [5.74, 6) is 0.386. The van der Waals surface area contributed by atoms with Gasteiger partial charge in [0.05, 0.1) is 11.5 Å². The third-order valence-electron chi connectivity index (χ3n) is 2.17. The van der Waals surface area contributed by atoms with Crippen LogP contribution in [0.15, 0.2) is 29.2 Å². The number of hydrogen-bond donors (Lipinski definition) is 1. The van der Waals surface area contributed by atoms with Gasteiger partial charge in [-0.2, -0.15) is 0 Å². The Morgan fingerprint density at radius 2 is 1.81 bits per heavy atom. The molecule has 1 aromatic carbocycles. The molecule has 0 radical (unpaired) electrons. The molecule has 0 atom stereocenters. The van der Waals surface area contributed by atoms with Crippen LogP contribution in [0.1, 0.15) is 32.3 Å². The summed E-state index contributed by atoms with van der Waals surface area (Å²) >= 11 is 0. The Morgan fingerprint density at radius 1 is 1.25 bits per heavy atom. The molecule has 1 rings (SSSR count). The van der Waals surface area contributed by atoms with Crippen molar-refractivity contribution in [2.75, 3.05) is 6.61 Å². The van der Waals surface area contributed by atoms with Crippen LogP contribution in [0.3, 0.4) is 0 Å². The summed E-state index contributed by atoms with van der Waals surface area (Å²) in [4.78, 5) is 6.95. The van der Waals surface area contributed by atoms with Gasteiger partial charge in [0, 0.05) is 0 Å². The Kier molecular flexibility index (Phi) is 4.46. The van der Waals surface area contributed by atoms with Gasteiger partial charge in [-0.05, 0) is 30.5 Å². The predicted molar refractivity (Wildman–Crippen MR) is 62.5 cm³/mol. The highest BCUT2D eigenvalue weighted by Crippen LogP contribution is 2.17. The molecule has 0 aromatic heterocycles. The fourth-order valence-electron chi connectivity index (χ4n) is 1.22. The third kappa shape index (κ3) is 3.30. The first-order chi connectivity index (χ1) is 7.47. The largest absolute Gasteiger partial charge is 0.287 e. The van der Waals surface area contributed by atoms with E-state index in [-0.39, 0.29) is 4.90 Å². The van der Waals surface area contributed by atoms with Gasteiger partial charge in [0.1, 0.15) is 0 Å². The van der Waals surface area contributed by atoms with Crippen molar-refractivity contribution in [3.05, 3.63) is 29.8 Å². The van der Waals surface area contributed by atoms with Crippen LogP contribution in [0.5, 0.6) is 0 Å². The Labute approximate surface area is 96.6 Å². The van der Waals surface area contributed by atoms with Crippen molar-refractivity contribution in [3.63, 3.8) is 0 Å². The number of hydrogen-bond acceptors (Lipinski definition) is 3.